The molecule has 0 unspecified atom stereocenters. The number of sulfonamides is 1. The van der Waals surface area contributed by atoms with E-state index in [1.54, 1.807) is 38.3 Å². The second kappa shape index (κ2) is 13.7. The molecule has 11 heteroatoms. The third kappa shape index (κ3) is 8.45. The van der Waals surface area contributed by atoms with Gasteiger partial charge in [-0.15, -0.1) is 0 Å². The average Bonchev–Trinajstić information content (AvgIpc) is 2.94. The normalized spacial score (nSPS) is 12.3. The Morgan fingerprint density at radius 1 is 0.929 bits per heavy atom. The van der Waals surface area contributed by atoms with Crippen LogP contribution in [0.3, 0.4) is 0 Å². The summed E-state index contributed by atoms with van der Waals surface area (Å²) in [5.74, 6) is -0.463. The van der Waals surface area contributed by atoms with Crippen molar-refractivity contribution in [1.82, 2.24) is 10.2 Å². The van der Waals surface area contributed by atoms with E-state index in [1.807, 2.05) is 27.7 Å². The van der Waals surface area contributed by atoms with Gasteiger partial charge in [-0.25, -0.2) is 12.8 Å². The Hall–Kier alpha value is -4.12. The fraction of sp³-hybridized carbons (Fsp3) is 0.355. The van der Waals surface area contributed by atoms with Crippen LogP contribution in [0.5, 0.6) is 11.5 Å². The Labute approximate surface area is 247 Å². The van der Waals surface area contributed by atoms with Gasteiger partial charge < -0.3 is 19.7 Å². The Bertz CT molecular complexity index is 1450. The van der Waals surface area contributed by atoms with Gasteiger partial charge in [-0.05, 0) is 101 Å². The molecule has 0 heterocycles. The highest BCUT2D eigenvalue weighted by Gasteiger charge is 2.33. The van der Waals surface area contributed by atoms with Crippen molar-refractivity contribution < 1.29 is 31.9 Å². The molecule has 0 bridgehead atoms. The van der Waals surface area contributed by atoms with Crippen molar-refractivity contribution in [2.75, 3.05) is 24.6 Å². The number of ether oxygens (including phenoxy) is 2. The van der Waals surface area contributed by atoms with E-state index in [1.165, 1.54) is 41.3 Å². The monoisotopic (exact) mass is 599 g/mol. The van der Waals surface area contributed by atoms with Gasteiger partial charge in [-0.3, -0.25) is 13.9 Å². The van der Waals surface area contributed by atoms with Crippen molar-refractivity contribution in [2.24, 2.45) is 0 Å². The van der Waals surface area contributed by atoms with E-state index in [9.17, 15) is 22.4 Å². The molecule has 0 radical (unpaired) electrons. The van der Waals surface area contributed by atoms with Gasteiger partial charge in [0.1, 0.15) is 29.9 Å². The van der Waals surface area contributed by atoms with Gasteiger partial charge in [0, 0.05) is 12.1 Å². The van der Waals surface area contributed by atoms with Crippen LogP contribution in [-0.2, 0) is 26.2 Å². The van der Waals surface area contributed by atoms with Crippen LogP contribution < -0.4 is 19.1 Å². The highest BCUT2D eigenvalue weighted by atomic mass is 32.2. The summed E-state index contributed by atoms with van der Waals surface area (Å²) in [6, 6.07) is 16.7. The van der Waals surface area contributed by atoms with Gasteiger partial charge in [0.2, 0.25) is 11.8 Å². The Kier molecular flexibility index (Phi) is 10.6. The fourth-order valence-electron chi connectivity index (χ4n) is 4.12. The molecule has 1 atom stereocenters. The molecular formula is C31H38FN3O6S. The SMILES string of the molecule is CCOc1ccc(S(=O)(=O)N(CC(=O)N(Cc2ccc(OC)cc2)[C@@H](C)C(=O)NC(C)(C)C)c2ccc(F)cc2)cc1. The maximum atomic E-state index is 14.0. The van der Waals surface area contributed by atoms with Gasteiger partial charge >= 0.3 is 0 Å². The van der Waals surface area contributed by atoms with E-state index in [2.05, 4.69) is 5.32 Å². The number of nitrogens with zero attached hydrogens (tertiary/aromatic N) is 2. The standard InChI is InChI=1S/C31H38FN3O6S/c1-7-41-27-16-18-28(19-17-27)42(38,39)35(25-12-10-24(32)11-13-25)21-29(36)34(22(2)30(37)33-31(3,4)5)20-23-8-14-26(40-6)15-9-23/h8-19,22H,7,20-21H2,1-6H3,(H,33,37)/t22-/m0/s1. The minimum absolute atomic E-state index is 0.0297. The van der Waals surface area contributed by atoms with E-state index in [4.69, 9.17) is 9.47 Å². The second-order valence-electron chi connectivity index (χ2n) is 10.7. The predicted molar refractivity (Wildman–Crippen MR) is 159 cm³/mol. The summed E-state index contributed by atoms with van der Waals surface area (Å²) in [6.07, 6.45) is 0. The topological polar surface area (TPSA) is 105 Å². The summed E-state index contributed by atoms with van der Waals surface area (Å²) >= 11 is 0. The number of halogens is 1. The zero-order valence-electron chi connectivity index (χ0n) is 24.8. The number of amides is 2. The molecule has 3 rings (SSSR count). The molecule has 0 fully saturated rings. The quantitative estimate of drug-likeness (QED) is 0.322. The van der Waals surface area contributed by atoms with Gasteiger partial charge in [-0.1, -0.05) is 12.1 Å². The van der Waals surface area contributed by atoms with E-state index in [0.29, 0.717) is 23.7 Å². The molecule has 0 saturated carbocycles. The first-order valence-electron chi connectivity index (χ1n) is 13.5. The summed E-state index contributed by atoms with van der Waals surface area (Å²) in [7, 11) is -2.75. The maximum absolute atomic E-state index is 14.0. The summed E-state index contributed by atoms with van der Waals surface area (Å²) in [6.45, 7) is 8.69. The lowest BCUT2D eigenvalue weighted by molar-refractivity contribution is -0.140. The van der Waals surface area contributed by atoms with Gasteiger partial charge in [0.15, 0.2) is 0 Å². The van der Waals surface area contributed by atoms with Crippen LogP contribution in [0.2, 0.25) is 0 Å². The Morgan fingerprint density at radius 2 is 1.50 bits per heavy atom. The molecule has 0 aromatic heterocycles. The van der Waals surface area contributed by atoms with Crippen LogP contribution in [0, 0.1) is 5.82 Å². The first-order valence-corrected chi connectivity index (χ1v) is 14.9. The van der Waals surface area contributed by atoms with Crippen LogP contribution in [0.1, 0.15) is 40.2 Å². The highest BCUT2D eigenvalue weighted by molar-refractivity contribution is 7.92. The largest absolute Gasteiger partial charge is 0.497 e. The molecule has 0 aliphatic heterocycles. The molecule has 3 aromatic carbocycles. The Balaban J connectivity index is 2.02. The predicted octanol–water partition coefficient (Wildman–Crippen LogP) is 4.76. The van der Waals surface area contributed by atoms with Crippen LogP contribution in [0.25, 0.3) is 0 Å². The summed E-state index contributed by atoms with van der Waals surface area (Å²) < 4.78 is 53.1. The maximum Gasteiger partial charge on any atom is 0.264 e. The third-order valence-electron chi connectivity index (χ3n) is 6.29. The molecule has 2 amide bonds. The average molecular weight is 600 g/mol. The number of anilines is 1. The highest BCUT2D eigenvalue weighted by Crippen LogP contribution is 2.26. The number of benzene rings is 3. The van der Waals surface area contributed by atoms with Crippen molar-refractivity contribution in [3.05, 3.63) is 84.2 Å². The smallest absolute Gasteiger partial charge is 0.264 e. The zero-order chi connectivity index (χ0) is 31.1. The number of hydrogen-bond acceptors (Lipinski definition) is 6. The summed E-state index contributed by atoms with van der Waals surface area (Å²) in [5, 5.41) is 2.88. The molecule has 3 aromatic rings. The molecule has 9 nitrogen and oxygen atoms in total. The molecule has 0 aliphatic carbocycles. The van der Waals surface area contributed by atoms with Gasteiger partial charge in [0.25, 0.3) is 10.0 Å². The summed E-state index contributed by atoms with van der Waals surface area (Å²) in [4.78, 5) is 28.4. The van der Waals surface area contributed by atoms with E-state index >= 15 is 0 Å². The molecule has 42 heavy (non-hydrogen) atoms. The van der Waals surface area contributed by atoms with E-state index in [-0.39, 0.29) is 17.1 Å². The van der Waals surface area contributed by atoms with Crippen molar-refractivity contribution in [1.29, 1.82) is 0 Å². The van der Waals surface area contributed by atoms with Crippen molar-refractivity contribution in [3.8, 4) is 11.5 Å². The van der Waals surface area contributed by atoms with Crippen molar-refractivity contribution in [3.63, 3.8) is 0 Å². The zero-order valence-corrected chi connectivity index (χ0v) is 25.6. The lowest BCUT2D eigenvalue weighted by atomic mass is 10.1. The minimum Gasteiger partial charge on any atom is -0.497 e. The minimum atomic E-state index is -4.29. The number of carbonyl (C=O) groups excluding carboxylic acids is 2. The molecule has 1 N–H and O–H groups in total. The van der Waals surface area contributed by atoms with E-state index < -0.39 is 45.8 Å². The van der Waals surface area contributed by atoms with Gasteiger partial charge in [-0.2, -0.15) is 0 Å². The fourth-order valence-corrected chi connectivity index (χ4v) is 5.54. The van der Waals surface area contributed by atoms with E-state index in [0.717, 1.165) is 16.4 Å². The molecule has 0 aliphatic rings. The number of methoxy groups -OCH3 is 1. The molecule has 0 spiro atoms. The summed E-state index contributed by atoms with van der Waals surface area (Å²) in [5.41, 5.74) is 0.245. The number of carbonyl (C=O) groups is 2. The molecule has 0 saturated heterocycles. The number of hydrogen-bond donors (Lipinski definition) is 1. The number of rotatable bonds is 12. The van der Waals surface area contributed by atoms with Crippen LogP contribution >= 0.6 is 0 Å². The second-order valence-corrected chi connectivity index (χ2v) is 12.5. The molecule has 226 valence electrons. The first-order chi connectivity index (χ1) is 19.7. The lowest BCUT2D eigenvalue weighted by Crippen LogP contribution is -2.54. The van der Waals surface area contributed by atoms with Crippen molar-refractivity contribution in [2.45, 2.75) is 57.6 Å². The number of nitrogens with one attached hydrogen (secondary N) is 1. The third-order valence-corrected chi connectivity index (χ3v) is 8.08. The van der Waals surface area contributed by atoms with Gasteiger partial charge in [0.05, 0.1) is 24.3 Å². The van der Waals surface area contributed by atoms with Crippen LogP contribution in [0.15, 0.2) is 77.7 Å². The van der Waals surface area contributed by atoms with Crippen LogP contribution in [-0.4, -0.2) is 57.0 Å². The lowest BCUT2D eigenvalue weighted by Gasteiger charge is -2.33. The van der Waals surface area contributed by atoms with Crippen LogP contribution in [0.4, 0.5) is 10.1 Å². The van der Waals surface area contributed by atoms with Crippen molar-refractivity contribution >= 4 is 27.5 Å². The Morgan fingerprint density at radius 3 is 2.02 bits per heavy atom. The molecular weight excluding hydrogens is 561 g/mol. The first kappa shape index (κ1) is 32.4.